The fourth-order valence-corrected chi connectivity index (χ4v) is 1.43. The second kappa shape index (κ2) is 6.88. The van der Waals surface area contributed by atoms with Crippen molar-refractivity contribution in [3.63, 3.8) is 0 Å². The Kier molecular flexibility index (Phi) is 5.48. The van der Waals surface area contributed by atoms with Crippen LogP contribution in [0.5, 0.6) is 0 Å². The Hall–Kier alpha value is -1.72. The molecule has 0 aliphatic heterocycles. The van der Waals surface area contributed by atoms with Crippen LogP contribution in [0.25, 0.3) is 0 Å². The molecule has 0 aliphatic rings. The zero-order valence-electron chi connectivity index (χ0n) is 10.6. The molecule has 3 N–H and O–H groups in total. The summed E-state index contributed by atoms with van der Waals surface area (Å²) in [4.78, 5) is 22.9. The number of Topliss-reactive ketones (excluding diaryl/α,β-unsaturated/α-hetero) is 1. The SMILES string of the molecule is COCCC(N)C(=O)Nc1cccc(C(C)=O)c1. The summed E-state index contributed by atoms with van der Waals surface area (Å²) < 4.78 is 4.86. The number of benzene rings is 1. The summed E-state index contributed by atoms with van der Waals surface area (Å²) in [7, 11) is 1.56. The molecule has 0 bridgehead atoms. The lowest BCUT2D eigenvalue weighted by molar-refractivity contribution is -0.117. The molecule has 1 aromatic rings. The first-order valence-corrected chi connectivity index (χ1v) is 5.71. The Morgan fingerprint density at radius 2 is 2.17 bits per heavy atom. The highest BCUT2D eigenvalue weighted by molar-refractivity contribution is 5.98. The molecule has 0 saturated heterocycles. The highest BCUT2D eigenvalue weighted by Gasteiger charge is 2.13. The summed E-state index contributed by atoms with van der Waals surface area (Å²) in [5, 5.41) is 2.67. The van der Waals surface area contributed by atoms with E-state index in [0.717, 1.165) is 0 Å². The van der Waals surface area contributed by atoms with E-state index >= 15 is 0 Å². The number of anilines is 1. The molecule has 18 heavy (non-hydrogen) atoms. The molecular weight excluding hydrogens is 232 g/mol. The van der Waals surface area contributed by atoms with Gasteiger partial charge < -0.3 is 15.8 Å². The number of ketones is 1. The van der Waals surface area contributed by atoms with Crippen molar-refractivity contribution < 1.29 is 14.3 Å². The third-order valence-corrected chi connectivity index (χ3v) is 2.51. The van der Waals surface area contributed by atoms with Gasteiger partial charge in [0.15, 0.2) is 5.78 Å². The number of rotatable bonds is 6. The van der Waals surface area contributed by atoms with Crippen LogP contribution in [0.4, 0.5) is 5.69 Å². The van der Waals surface area contributed by atoms with E-state index in [0.29, 0.717) is 24.3 Å². The van der Waals surface area contributed by atoms with Crippen LogP contribution in [0, 0.1) is 0 Å². The fraction of sp³-hybridized carbons (Fsp3) is 0.385. The number of carbonyl (C=O) groups is 2. The molecule has 0 fully saturated rings. The molecule has 0 aliphatic carbocycles. The van der Waals surface area contributed by atoms with E-state index < -0.39 is 6.04 Å². The van der Waals surface area contributed by atoms with Crippen LogP contribution in [0.3, 0.4) is 0 Å². The molecule has 5 heteroatoms. The van der Waals surface area contributed by atoms with Gasteiger partial charge in [0.05, 0.1) is 6.04 Å². The van der Waals surface area contributed by atoms with Gasteiger partial charge >= 0.3 is 0 Å². The average molecular weight is 250 g/mol. The summed E-state index contributed by atoms with van der Waals surface area (Å²) in [5.41, 5.74) is 6.81. The van der Waals surface area contributed by atoms with Gasteiger partial charge in [-0.05, 0) is 25.5 Å². The van der Waals surface area contributed by atoms with Gasteiger partial charge in [-0.15, -0.1) is 0 Å². The van der Waals surface area contributed by atoms with Gasteiger partial charge in [-0.3, -0.25) is 9.59 Å². The number of hydrogen-bond acceptors (Lipinski definition) is 4. The number of methoxy groups -OCH3 is 1. The van der Waals surface area contributed by atoms with Crippen LogP contribution < -0.4 is 11.1 Å². The van der Waals surface area contributed by atoms with Crippen LogP contribution in [0.2, 0.25) is 0 Å². The average Bonchev–Trinajstić information content (AvgIpc) is 2.36. The van der Waals surface area contributed by atoms with Crippen molar-refractivity contribution in [2.75, 3.05) is 19.0 Å². The molecule has 1 amide bonds. The summed E-state index contributed by atoms with van der Waals surface area (Å²) in [5.74, 6) is -0.331. The fourth-order valence-electron chi connectivity index (χ4n) is 1.43. The molecule has 1 unspecified atom stereocenters. The maximum atomic E-state index is 11.7. The first-order chi connectivity index (χ1) is 8.54. The van der Waals surface area contributed by atoms with E-state index in [1.54, 1.807) is 31.4 Å². The normalized spacial score (nSPS) is 11.9. The minimum atomic E-state index is -0.620. The molecule has 98 valence electrons. The zero-order chi connectivity index (χ0) is 13.5. The van der Waals surface area contributed by atoms with Crippen molar-refractivity contribution in [1.82, 2.24) is 0 Å². The second-order valence-corrected chi connectivity index (χ2v) is 4.01. The quantitative estimate of drug-likeness (QED) is 0.743. The molecule has 1 aromatic carbocycles. The van der Waals surface area contributed by atoms with E-state index in [1.165, 1.54) is 6.92 Å². The molecular formula is C13H18N2O3. The lowest BCUT2D eigenvalue weighted by Crippen LogP contribution is -2.36. The predicted molar refractivity (Wildman–Crippen MR) is 69.5 cm³/mol. The summed E-state index contributed by atoms with van der Waals surface area (Å²) >= 11 is 0. The Balaban J connectivity index is 2.64. The Morgan fingerprint density at radius 1 is 1.44 bits per heavy atom. The molecule has 1 rings (SSSR count). The Labute approximate surface area is 106 Å². The van der Waals surface area contributed by atoms with Gasteiger partial charge in [-0.1, -0.05) is 12.1 Å². The molecule has 0 spiro atoms. The lowest BCUT2D eigenvalue weighted by atomic mass is 10.1. The van der Waals surface area contributed by atoms with Crippen LogP contribution in [0.15, 0.2) is 24.3 Å². The number of nitrogens with two attached hydrogens (primary N) is 1. The van der Waals surface area contributed by atoms with Crippen LogP contribution >= 0.6 is 0 Å². The summed E-state index contributed by atoms with van der Waals surface area (Å²) in [6.07, 6.45) is 0.453. The van der Waals surface area contributed by atoms with E-state index in [1.807, 2.05) is 0 Å². The highest BCUT2D eigenvalue weighted by atomic mass is 16.5. The van der Waals surface area contributed by atoms with Gasteiger partial charge in [0.1, 0.15) is 0 Å². The van der Waals surface area contributed by atoms with Crippen molar-refractivity contribution in [2.45, 2.75) is 19.4 Å². The molecule has 5 nitrogen and oxygen atoms in total. The van der Waals surface area contributed by atoms with Crippen LogP contribution in [0.1, 0.15) is 23.7 Å². The second-order valence-electron chi connectivity index (χ2n) is 4.01. The van der Waals surface area contributed by atoms with Gasteiger partial charge in [0.25, 0.3) is 0 Å². The summed E-state index contributed by atoms with van der Waals surface area (Å²) in [6.45, 7) is 1.91. The first-order valence-electron chi connectivity index (χ1n) is 5.71. The molecule has 0 heterocycles. The number of ether oxygens (including phenoxy) is 1. The minimum Gasteiger partial charge on any atom is -0.385 e. The Bertz CT molecular complexity index is 432. The maximum Gasteiger partial charge on any atom is 0.241 e. The molecule has 1 atom stereocenters. The van der Waals surface area contributed by atoms with E-state index in [2.05, 4.69) is 5.32 Å². The molecule has 0 saturated carbocycles. The van der Waals surface area contributed by atoms with Crippen LogP contribution in [-0.4, -0.2) is 31.4 Å². The van der Waals surface area contributed by atoms with Crippen molar-refractivity contribution in [2.24, 2.45) is 5.73 Å². The van der Waals surface area contributed by atoms with Crippen molar-refractivity contribution in [3.8, 4) is 0 Å². The van der Waals surface area contributed by atoms with Gasteiger partial charge in [0, 0.05) is 25.0 Å². The standard InChI is InChI=1S/C13H18N2O3/c1-9(16)10-4-3-5-11(8-10)15-13(17)12(14)6-7-18-2/h3-5,8,12H,6-7,14H2,1-2H3,(H,15,17). The number of hydrogen-bond donors (Lipinski definition) is 2. The molecule has 0 aromatic heterocycles. The smallest absolute Gasteiger partial charge is 0.241 e. The summed E-state index contributed by atoms with van der Waals surface area (Å²) in [6, 6.07) is 6.14. The van der Waals surface area contributed by atoms with Gasteiger partial charge in [-0.2, -0.15) is 0 Å². The third kappa shape index (κ3) is 4.27. The Morgan fingerprint density at radius 3 is 2.78 bits per heavy atom. The largest absolute Gasteiger partial charge is 0.385 e. The monoisotopic (exact) mass is 250 g/mol. The first kappa shape index (κ1) is 14.3. The van der Waals surface area contributed by atoms with Crippen molar-refractivity contribution in [3.05, 3.63) is 29.8 Å². The molecule has 0 radical (unpaired) electrons. The predicted octanol–water partition coefficient (Wildman–Crippen LogP) is 1.19. The van der Waals surface area contributed by atoms with Gasteiger partial charge in [-0.25, -0.2) is 0 Å². The highest BCUT2D eigenvalue weighted by Crippen LogP contribution is 2.11. The van der Waals surface area contributed by atoms with E-state index in [-0.39, 0.29) is 11.7 Å². The number of nitrogens with one attached hydrogen (secondary N) is 1. The minimum absolute atomic E-state index is 0.0465. The number of amides is 1. The maximum absolute atomic E-state index is 11.7. The zero-order valence-corrected chi connectivity index (χ0v) is 10.6. The van der Waals surface area contributed by atoms with Crippen molar-refractivity contribution >= 4 is 17.4 Å². The van der Waals surface area contributed by atoms with Gasteiger partial charge in [0.2, 0.25) is 5.91 Å². The van der Waals surface area contributed by atoms with Crippen LogP contribution in [-0.2, 0) is 9.53 Å². The lowest BCUT2D eigenvalue weighted by Gasteiger charge is -2.12. The topological polar surface area (TPSA) is 81.4 Å². The van der Waals surface area contributed by atoms with Crippen molar-refractivity contribution in [1.29, 1.82) is 0 Å². The number of carbonyl (C=O) groups excluding carboxylic acids is 2. The van der Waals surface area contributed by atoms with E-state index in [4.69, 9.17) is 10.5 Å². The van der Waals surface area contributed by atoms with E-state index in [9.17, 15) is 9.59 Å². The third-order valence-electron chi connectivity index (χ3n) is 2.51.